The Morgan fingerprint density at radius 3 is 3.00 bits per heavy atom. The van der Waals surface area contributed by atoms with Crippen LogP contribution in [0.4, 0.5) is 5.82 Å². The van der Waals surface area contributed by atoms with E-state index in [0.29, 0.717) is 10.7 Å². The molecule has 0 bridgehead atoms. The number of aryl methyl sites for hydroxylation is 1. The van der Waals surface area contributed by atoms with Crippen molar-refractivity contribution < 1.29 is 0 Å². The van der Waals surface area contributed by atoms with E-state index in [2.05, 4.69) is 50.7 Å². The highest BCUT2D eigenvalue weighted by Gasteiger charge is 2.24. The molecule has 2 rings (SSSR count). The predicted octanol–water partition coefficient (Wildman–Crippen LogP) is 3.04. The lowest BCUT2D eigenvalue weighted by Gasteiger charge is -2.35. The molecule has 1 aliphatic rings. The Kier molecular flexibility index (Phi) is 4.37. The van der Waals surface area contributed by atoms with E-state index in [1.165, 1.54) is 6.42 Å². The van der Waals surface area contributed by atoms with Gasteiger partial charge < -0.3 is 4.90 Å². The van der Waals surface area contributed by atoms with Gasteiger partial charge in [-0.25, -0.2) is 9.97 Å². The van der Waals surface area contributed by atoms with Gasteiger partial charge in [-0.1, -0.05) is 36.2 Å². The lowest BCUT2D eigenvalue weighted by atomic mass is 10.00. The third-order valence-electron chi connectivity index (χ3n) is 3.34. The zero-order valence-corrected chi connectivity index (χ0v) is 12.2. The zero-order chi connectivity index (χ0) is 12.3. The summed E-state index contributed by atoms with van der Waals surface area (Å²) in [4.78, 5) is 11.7. The van der Waals surface area contributed by atoms with E-state index in [9.17, 15) is 0 Å². The first kappa shape index (κ1) is 12.8. The third-order valence-corrected chi connectivity index (χ3v) is 4.70. The van der Waals surface area contributed by atoms with Gasteiger partial charge in [-0.2, -0.15) is 0 Å². The van der Waals surface area contributed by atoms with Crippen LogP contribution in [-0.2, 0) is 6.42 Å². The van der Waals surface area contributed by atoms with Crippen LogP contribution in [0.15, 0.2) is 12.4 Å². The zero-order valence-electron chi connectivity index (χ0n) is 10.6. The minimum absolute atomic E-state index is 0.649. The maximum Gasteiger partial charge on any atom is 0.132 e. The molecule has 0 aromatic carbocycles. The molecule has 2 heterocycles. The highest BCUT2D eigenvalue weighted by Crippen LogP contribution is 2.26. The molecule has 2 atom stereocenters. The third kappa shape index (κ3) is 3.18. The number of hydrogen-bond donors (Lipinski definition) is 0. The molecule has 0 saturated carbocycles. The number of nitrogens with zero attached hydrogens (tertiary/aromatic N) is 3. The van der Waals surface area contributed by atoms with E-state index >= 15 is 0 Å². The summed E-state index contributed by atoms with van der Waals surface area (Å²) in [6, 6.07) is 2.14. The van der Waals surface area contributed by atoms with Gasteiger partial charge in [-0.3, -0.25) is 0 Å². The van der Waals surface area contributed by atoms with E-state index in [1.54, 1.807) is 6.33 Å². The first-order valence-electron chi connectivity index (χ1n) is 6.40. The van der Waals surface area contributed by atoms with E-state index in [4.69, 9.17) is 0 Å². The van der Waals surface area contributed by atoms with Crippen molar-refractivity contribution in [2.75, 3.05) is 18.0 Å². The SMILES string of the molecule is CCCc1cc(N2CCC(Br)C(C)C2)ncn1. The quantitative estimate of drug-likeness (QED) is 0.803. The van der Waals surface area contributed by atoms with Crippen molar-refractivity contribution in [3.63, 3.8) is 0 Å². The predicted molar refractivity (Wildman–Crippen MR) is 74.7 cm³/mol. The van der Waals surface area contributed by atoms with Crippen LogP contribution in [0.3, 0.4) is 0 Å². The number of anilines is 1. The molecule has 2 unspecified atom stereocenters. The largest absolute Gasteiger partial charge is 0.356 e. The van der Waals surface area contributed by atoms with E-state index in [-0.39, 0.29) is 0 Å². The van der Waals surface area contributed by atoms with Gasteiger partial charge in [-0.05, 0) is 18.8 Å². The Morgan fingerprint density at radius 1 is 1.47 bits per heavy atom. The topological polar surface area (TPSA) is 29.0 Å². The molecule has 0 amide bonds. The molecule has 0 radical (unpaired) electrons. The molecular formula is C13H20BrN3. The molecule has 1 aliphatic heterocycles. The van der Waals surface area contributed by atoms with Crippen molar-refractivity contribution in [3.05, 3.63) is 18.1 Å². The van der Waals surface area contributed by atoms with Crippen LogP contribution in [0.25, 0.3) is 0 Å². The normalized spacial score (nSPS) is 25.0. The fraction of sp³-hybridized carbons (Fsp3) is 0.692. The summed E-state index contributed by atoms with van der Waals surface area (Å²) in [6.45, 7) is 6.64. The van der Waals surface area contributed by atoms with Gasteiger partial charge >= 0.3 is 0 Å². The van der Waals surface area contributed by atoms with Crippen LogP contribution in [0.5, 0.6) is 0 Å². The van der Waals surface area contributed by atoms with Crippen molar-refractivity contribution in [3.8, 4) is 0 Å². The summed E-state index contributed by atoms with van der Waals surface area (Å²) >= 11 is 3.73. The van der Waals surface area contributed by atoms with Gasteiger partial charge in [0, 0.05) is 29.7 Å². The summed E-state index contributed by atoms with van der Waals surface area (Å²) in [5.74, 6) is 1.77. The molecule has 1 fully saturated rings. The van der Waals surface area contributed by atoms with Crippen molar-refractivity contribution in [1.82, 2.24) is 9.97 Å². The van der Waals surface area contributed by atoms with Gasteiger partial charge in [0.05, 0.1) is 0 Å². The number of halogens is 1. The standard InChI is InChI=1S/C13H20BrN3/c1-3-4-11-7-13(16-9-15-11)17-6-5-12(14)10(2)8-17/h7,9-10,12H,3-6,8H2,1-2H3. The monoisotopic (exact) mass is 297 g/mol. The van der Waals surface area contributed by atoms with Gasteiger partial charge in [0.2, 0.25) is 0 Å². The Balaban J connectivity index is 2.09. The average molecular weight is 298 g/mol. The van der Waals surface area contributed by atoms with E-state index in [0.717, 1.165) is 37.4 Å². The summed E-state index contributed by atoms with van der Waals surface area (Å²) in [7, 11) is 0. The fourth-order valence-corrected chi connectivity index (χ4v) is 2.65. The molecule has 0 N–H and O–H groups in total. The van der Waals surface area contributed by atoms with Crippen molar-refractivity contribution >= 4 is 21.7 Å². The second kappa shape index (κ2) is 5.80. The smallest absolute Gasteiger partial charge is 0.132 e. The van der Waals surface area contributed by atoms with Crippen LogP contribution < -0.4 is 4.90 Å². The van der Waals surface area contributed by atoms with Crippen LogP contribution in [0.2, 0.25) is 0 Å². The minimum Gasteiger partial charge on any atom is -0.356 e. The second-order valence-electron chi connectivity index (χ2n) is 4.85. The molecule has 1 saturated heterocycles. The van der Waals surface area contributed by atoms with E-state index < -0.39 is 0 Å². The summed E-state index contributed by atoms with van der Waals surface area (Å²) in [5, 5.41) is 0. The second-order valence-corrected chi connectivity index (χ2v) is 6.02. The Labute approximate surface area is 112 Å². The number of hydrogen-bond acceptors (Lipinski definition) is 3. The number of alkyl halides is 1. The first-order valence-corrected chi connectivity index (χ1v) is 7.32. The molecule has 17 heavy (non-hydrogen) atoms. The van der Waals surface area contributed by atoms with Gasteiger partial charge in [0.25, 0.3) is 0 Å². The molecule has 1 aromatic rings. The molecule has 0 spiro atoms. The summed E-state index contributed by atoms with van der Waals surface area (Å²) in [6.07, 6.45) is 5.07. The van der Waals surface area contributed by atoms with Crippen LogP contribution in [-0.4, -0.2) is 27.9 Å². The molecule has 4 heteroatoms. The van der Waals surface area contributed by atoms with Crippen LogP contribution >= 0.6 is 15.9 Å². The molecule has 3 nitrogen and oxygen atoms in total. The minimum atomic E-state index is 0.649. The number of rotatable bonds is 3. The highest BCUT2D eigenvalue weighted by atomic mass is 79.9. The van der Waals surface area contributed by atoms with Crippen molar-refractivity contribution in [2.24, 2.45) is 5.92 Å². The lowest BCUT2D eigenvalue weighted by Crippen LogP contribution is -2.40. The van der Waals surface area contributed by atoms with E-state index in [1.807, 2.05) is 0 Å². The Hall–Kier alpha value is -0.640. The summed E-state index contributed by atoms with van der Waals surface area (Å²) in [5.41, 5.74) is 1.16. The van der Waals surface area contributed by atoms with Gasteiger partial charge in [0.1, 0.15) is 12.1 Å². The van der Waals surface area contributed by atoms with Gasteiger partial charge in [0.15, 0.2) is 0 Å². The van der Waals surface area contributed by atoms with Crippen LogP contribution in [0.1, 0.15) is 32.4 Å². The Bertz CT molecular complexity index is 369. The molecule has 94 valence electrons. The Morgan fingerprint density at radius 2 is 2.29 bits per heavy atom. The summed E-state index contributed by atoms with van der Waals surface area (Å²) < 4.78 is 0. The molecule has 0 aliphatic carbocycles. The maximum absolute atomic E-state index is 4.40. The fourth-order valence-electron chi connectivity index (χ4n) is 2.28. The van der Waals surface area contributed by atoms with Gasteiger partial charge in [-0.15, -0.1) is 0 Å². The van der Waals surface area contributed by atoms with Crippen LogP contribution in [0, 0.1) is 5.92 Å². The highest BCUT2D eigenvalue weighted by molar-refractivity contribution is 9.09. The average Bonchev–Trinajstić information content (AvgIpc) is 2.33. The number of piperidine rings is 1. The van der Waals surface area contributed by atoms with Crippen molar-refractivity contribution in [1.29, 1.82) is 0 Å². The first-order chi connectivity index (χ1) is 8.20. The lowest BCUT2D eigenvalue weighted by molar-refractivity contribution is 0.463. The van der Waals surface area contributed by atoms with Crippen molar-refractivity contribution in [2.45, 2.75) is 37.9 Å². The maximum atomic E-state index is 4.40. The number of aromatic nitrogens is 2. The molecule has 1 aromatic heterocycles. The molecular weight excluding hydrogens is 278 g/mol.